The number of hydrogen-bond acceptors (Lipinski definition) is 7. The van der Waals surface area contributed by atoms with Crippen LogP contribution in [-0.4, -0.2) is 87.5 Å². The SMILES string of the molecule is CN=C(NCC(c1ccco1)N(C)C)N1CCN(S(=O)(=O)Cc2ccon2)CC1. The zero-order valence-corrected chi connectivity index (χ0v) is 17.8. The topological polar surface area (TPSA) is 107 Å². The molecule has 11 heteroatoms. The smallest absolute Gasteiger partial charge is 0.220 e. The number of rotatable bonds is 7. The van der Waals surface area contributed by atoms with Crippen LogP contribution in [0, 0.1) is 0 Å². The first-order valence-corrected chi connectivity index (χ1v) is 11.0. The number of guanidine groups is 1. The van der Waals surface area contributed by atoms with Crippen LogP contribution in [-0.2, 0) is 15.8 Å². The quantitative estimate of drug-likeness (QED) is 0.508. The summed E-state index contributed by atoms with van der Waals surface area (Å²) in [5.41, 5.74) is 0.414. The third-order valence-corrected chi connectivity index (χ3v) is 6.73. The Bertz CT molecular complexity index is 872. The molecular weight excluding hydrogens is 396 g/mol. The molecular formula is C18H28N6O4S. The molecule has 0 radical (unpaired) electrons. The largest absolute Gasteiger partial charge is 0.468 e. The summed E-state index contributed by atoms with van der Waals surface area (Å²) < 4.78 is 36.9. The van der Waals surface area contributed by atoms with Gasteiger partial charge in [0.2, 0.25) is 10.0 Å². The number of sulfonamides is 1. The first-order valence-electron chi connectivity index (χ1n) is 9.43. The summed E-state index contributed by atoms with van der Waals surface area (Å²) >= 11 is 0. The van der Waals surface area contributed by atoms with Crippen molar-refractivity contribution in [1.29, 1.82) is 0 Å². The first kappa shape index (κ1) is 21.3. The Morgan fingerprint density at radius 1 is 1.28 bits per heavy atom. The van der Waals surface area contributed by atoms with Crippen molar-refractivity contribution in [2.24, 2.45) is 4.99 Å². The van der Waals surface area contributed by atoms with E-state index in [9.17, 15) is 8.42 Å². The van der Waals surface area contributed by atoms with Crippen molar-refractivity contribution in [3.63, 3.8) is 0 Å². The van der Waals surface area contributed by atoms with E-state index in [1.807, 2.05) is 26.2 Å². The van der Waals surface area contributed by atoms with Gasteiger partial charge in [-0.3, -0.25) is 9.89 Å². The maximum Gasteiger partial charge on any atom is 0.220 e. The number of furan rings is 1. The zero-order chi connectivity index (χ0) is 20.9. The van der Waals surface area contributed by atoms with Gasteiger partial charge in [-0.2, -0.15) is 4.31 Å². The summed E-state index contributed by atoms with van der Waals surface area (Å²) in [6.45, 7) is 2.54. The minimum Gasteiger partial charge on any atom is -0.468 e. The Labute approximate surface area is 171 Å². The molecule has 0 amide bonds. The van der Waals surface area contributed by atoms with E-state index in [0.29, 0.717) is 38.4 Å². The van der Waals surface area contributed by atoms with Gasteiger partial charge in [-0.15, -0.1) is 0 Å². The molecule has 0 spiro atoms. The molecule has 1 atom stereocenters. The molecule has 0 aliphatic carbocycles. The average molecular weight is 425 g/mol. The minimum atomic E-state index is -3.42. The molecule has 160 valence electrons. The lowest BCUT2D eigenvalue weighted by Crippen LogP contribution is -2.54. The van der Waals surface area contributed by atoms with Crippen molar-refractivity contribution < 1.29 is 17.4 Å². The van der Waals surface area contributed by atoms with Gasteiger partial charge < -0.3 is 19.2 Å². The van der Waals surface area contributed by atoms with Gasteiger partial charge in [0, 0.05) is 45.8 Å². The third-order valence-electron chi connectivity index (χ3n) is 4.91. The van der Waals surface area contributed by atoms with Gasteiger partial charge in [-0.05, 0) is 26.2 Å². The van der Waals surface area contributed by atoms with E-state index in [2.05, 4.69) is 25.3 Å². The Morgan fingerprint density at radius 3 is 2.59 bits per heavy atom. The van der Waals surface area contributed by atoms with Gasteiger partial charge in [0.05, 0.1) is 18.0 Å². The van der Waals surface area contributed by atoms with Gasteiger partial charge in [-0.25, -0.2) is 8.42 Å². The van der Waals surface area contributed by atoms with Crippen molar-refractivity contribution in [1.82, 2.24) is 24.6 Å². The highest BCUT2D eigenvalue weighted by atomic mass is 32.2. The molecule has 2 aromatic heterocycles. The van der Waals surface area contributed by atoms with Crippen molar-refractivity contribution >= 4 is 16.0 Å². The number of likely N-dealkylation sites (N-methyl/N-ethyl adjacent to an activating group) is 1. The number of nitrogens with one attached hydrogen (secondary N) is 1. The highest BCUT2D eigenvalue weighted by Crippen LogP contribution is 2.18. The maximum atomic E-state index is 12.6. The predicted molar refractivity (Wildman–Crippen MR) is 109 cm³/mol. The number of nitrogens with zero attached hydrogens (tertiary/aromatic N) is 5. The third kappa shape index (κ3) is 5.37. The van der Waals surface area contributed by atoms with E-state index >= 15 is 0 Å². The Morgan fingerprint density at radius 2 is 2.03 bits per heavy atom. The molecule has 0 saturated carbocycles. The minimum absolute atomic E-state index is 0.0610. The van der Waals surface area contributed by atoms with Crippen LogP contribution in [0.15, 0.2) is 44.7 Å². The van der Waals surface area contributed by atoms with Crippen molar-refractivity contribution in [3.05, 3.63) is 42.2 Å². The summed E-state index contributed by atoms with van der Waals surface area (Å²) in [5.74, 6) is 1.48. The Kier molecular flexibility index (Phi) is 6.93. The van der Waals surface area contributed by atoms with Crippen LogP contribution in [0.4, 0.5) is 0 Å². The van der Waals surface area contributed by atoms with Gasteiger partial charge >= 0.3 is 0 Å². The van der Waals surface area contributed by atoms with Crippen LogP contribution in [0.2, 0.25) is 0 Å². The standard InChI is InChI=1S/C18H28N6O4S/c1-19-18(20-13-16(22(2)3)17-5-4-11-27-17)23-7-9-24(10-8-23)29(25,26)14-15-6-12-28-21-15/h4-6,11-12,16H,7-10,13-14H2,1-3H3,(H,19,20). The van der Waals surface area contributed by atoms with E-state index < -0.39 is 10.0 Å². The van der Waals surface area contributed by atoms with E-state index in [-0.39, 0.29) is 11.8 Å². The molecule has 0 aromatic carbocycles. The van der Waals surface area contributed by atoms with Crippen LogP contribution in [0.25, 0.3) is 0 Å². The highest BCUT2D eigenvalue weighted by molar-refractivity contribution is 7.88. The fourth-order valence-corrected chi connectivity index (χ4v) is 4.73. The van der Waals surface area contributed by atoms with E-state index in [0.717, 1.165) is 11.7 Å². The van der Waals surface area contributed by atoms with Crippen molar-refractivity contribution in [2.75, 3.05) is 53.9 Å². The summed E-state index contributed by atoms with van der Waals surface area (Å²) in [6.07, 6.45) is 3.04. The number of aliphatic imine (C=N–C) groups is 1. The molecule has 1 aliphatic heterocycles. The Hall–Kier alpha value is -2.37. The summed E-state index contributed by atoms with van der Waals surface area (Å²) in [6, 6.07) is 5.46. The number of aromatic nitrogens is 1. The molecule has 29 heavy (non-hydrogen) atoms. The lowest BCUT2D eigenvalue weighted by molar-refractivity contribution is 0.243. The second kappa shape index (κ2) is 9.42. The van der Waals surface area contributed by atoms with Crippen LogP contribution < -0.4 is 5.32 Å². The van der Waals surface area contributed by atoms with E-state index in [1.165, 1.54) is 10.6 Å². The van der Waals surface area contributed by atoms with E-state index in [1.54, 1.807) is 19.4 Å². The fourth-order valence-electron chi connectivity index (χ4n) is 3.31. The summed E-state index contributed by atoms with van der Waals surface area (Å²) in [7, 11) is 2.30. The molecule has 1 aliphatic rings. The highest BCUT2D eigenvalue weighted by Gasteiger charge is 2.29. The zero-order valence-electron chi connectivity index (χ0n) is 17.0. The number of hydrogen-bond donors (Lipinski definition) is 1. The van der Waals surface area contributed by atoms with Crippen LogP contribution in [0.3, 0.4) is 0 Å². The monoisotopic (exact) mass is 424 g/mol. The molecule has 3 heterocycles. The second-order valence-electron chi connectivity index (χ2n) is 7.06. The first-order chi connectivity index (χ1) is 13.9. The normalized spacial score (nSPS) is 17.7. The van der Waals surface area contributed by atoms with E-state index in [4.69, 9.17) is 8.94 Å². The summed E-state index contributed by atoms with van der Waals surface area (Å²) in [5, 5.41) is 7.08. The van der Waals surface area contributed by atoms with Crippen LogP contribution >= 0.6 is 0 Å². The van der Waals surface area contributed by atoms with Crippen molar-refractivity contribution in [2.45, 2.75) is 11.8 Å². The number of piperazine rings is 1. The lowest BCUT2D eigenvalue weighted by atomic mass is 10.2. The van der Waals surface area contributed by atoms with Crippen LogP contribution in [0.1, 0.15) is 17.5 Å². The maximum absolute atomic E-state index is 12.6. The second-order valence-corrected chi connectivity index (χ2v) is 9.02. The molecule has 1 unspecified atom stereocenters. The van der Waals surface area contributed by atoms with Crippen molar-refractivity contribution in [3.8, 4) is 0 Å². The van der Waals surface area contributed by atoms with Gasteiger partial charge in [0.15, 0.2) is 5.96 Å². The van der Waals surface area contributed by atoms with Gasteiger partial charge in [0.25, 0.3) is 0 Å². The molecule has 2 aromatic rings. The molecule has 10 nitrogen and oxygen atoms in total. The molecule has 3 rings (SSSR count). The average Bonchev–Trinajstić information content (AvgIpc) is 3.39. The Balaban J connectivity index is 1.54. The molecule has 0 bridgehead atoms. The molecule has 1 N–H and O–H groups in total. The van der Waals surface area contributed by atoms with Gasteiger partial charge in [0.1, 0.15) is 17.8 Å². The fraction of sp³-hybridized carbons (Fsp3) is 0.556. The van der Waals surface area contributed by atoms with Gasteiger partial charge in [-0.1, -0.05) is 5.16 Å². The van der Waals surface area contributed by atoms with Crippen LogP contribution in [0.5, 0.6) is 0 Å². The lowest BCUT2D eigenvalue weighted by Gasteiger charge is -2.36. The predicted octanol–water partition coefficient (Wildman–Crippen LogP) is 0.593. The molecule has 1 saturated heterocycles. The molecule has 1 fully saturated rings. The summed E-state index contributed by atoms with van der Waals surface area (Å²) in [4.78, 5) is 8.51.